The van der Waals surface area contributed by atoms with Crippen LogP contribution in [0.5, 0.6) is 0 Å². The molecule has 0 spiro atoms. The number of hydrogen-bond acceptors (Lipinski definition) is 4. The second kappa shape index (κ2) is 6.27. The molecule has 20 heavy (non-hydrogen) atoms. The van der Waals surface area contributed by atoms with Gasteiger partial charge in [-0.15, -0.1) is 0 Å². The summed E-state index contributed by atoms with van der Waals surface area (Å²) >= 11 is 0. The average Bonchev–Trinajstić information content (AvgIpc) is 2.44. The number of hydrogen-bond donors (Lipinski definition) is 1. The maximum atomic E-state index is 12.8. The monoisotopic (exact) mass is 304 g/mol. The van der Waals surface area contributed by atoms with Crippen LogP contribution >= 0.6 is 0 Å². The lowest BCUT2D eigenvalue weighted by Gasteiger charge is -2.44. The first-order valence-electron chi connectivity index (χ1n) is 7.53. The van der Waals surface area contributed by atoms with Crippen LogP contribution in [0.15, 0.2) is 0 Å². The molecule has 0 aromatic rings. The maximum absolute atomic E-state index is 12.8. The highest BCUT2D eigenvalue weighted by molar-refractivity contribution is 7.86. The Morgan fingerprint density at radius 1 is 1.10 bits per heavy atom. The zero-order valence-electron chi connectivity index (χ0n) is 12.8. The zero-order valence-corrected chi connectivity index (χ0v) is 13.6. The van der Waals surface area contributed by atoms with E-state index in [9.17, 15) is 8.42 Å². The summed E-state index contributed by atoms with van der Waals surface area (Å²) in [6.45, 7) is 7.09. The summed E-state index contributed by atoms with van der Waals surface area (Å²) in [6.07, 6.45) is 1.96. The van der Waals surface area contributed by atoms with Crippen molar-refractivity contribution in [2.24, 2.45) is 11.7 Å². The van der Waals surface area contributed by atoms with Crippen molar-refractivity contribution < 1.29 is 8.42 Å². The van der Waals surface area contributed by atoms with Crippen molar-refractivity contribution in [3.8, 4) is 0 Å². The van der Waals surface area contributed by atoms with Gasteiger partial charge in [0.25, 0.3) is 10.2 Å². The lowest BCUT2D eigenvalue weighted by atomic mass is 10.0. The predicted molar refractivity (Wildman–Crippen MR) is 80.5 cm³/mol. The number of nitrogens with two attached hydrogens (primary N) is 1. The van der Waals surface area contributed by atoms with Crippen molar-refractivity contribution in [1.82, 2.24) is 13.5 Å². The van der Waals surface area contributed by atoms with Crippen LogP contribution in [0.4, 0.5) is 0 Å². The molecule has 0 bridgehead atoms. The molecule has 0 aromatic carbocycles. The van der Waals surface area contributed by atoms with Gasteiger partial charge in [0.15, 0.2) is 0 Å². The highest BCUT2D eigenvalue weighted by Gasteiger charge is 2.38. The molecule has 6 nitrogen and oxygen atoms in total. The van der Waals surface area contributed by atoms with Gasteiger partial charge in [0, 0.05) is 38.3 Å². The molecule has 0 amide bonds. The van der Waals surface area contributed by atoms with Gasteiger partial charge < -0.3 is 5.73 Å². The molecule has 0 aromatic heterocycles. The molecule has 2 fully saturated rings. The fourth-order valence-electron chi connectivity index (χ4n) is 3.14. The second-order valence-electron chi connectivity index (χ2n) is 6.29. The SMILES string of the molecule is CC1CN(S(=O)(=O)N2CCCC(CN)C2)CC(C)N1C. The Balaban J connectivity index is 2.10. The molecule has 2 aliphatic rings. The third-order valence-electron chi connectivity index (χ3n) is 4.79. The lowest BCUT2D eigenvalue weighted by Crippen LogP contribution is -2.59. The van der Waals surface area contributed by atoms with E-state index in [-0.39, 0.29) is 12.1 Å². The van der Waals surface area contributed by atoms with Gasteiger partial charge >= 0.3 is 0 Å². The molecule has 2 heterocycles. The zero-order chi connectivity index (χ0) is 14.9. The van der Waals surface area contributed by atoms with Crippen molar-refractivity contribution in [2.75, 3.05) is 39.8 Å². The van der Waals surface area contributed by atoms with Crippen LogP contribution in [0.1, 0.15) is 26.7 Å². The number of rotatable bonds is 3. The minimum absolute atomic E-state index is 0.253. The molecule has 7 heteroatoms. The highest BCUT2D eigenvalue weighted by Crippen LogP contribution is 2.23. The van der Waals surface area contributed by atoms with E-state index >= 15 is 0 Å². The van der Waals surface area contributed by atoms with Gasteiger partial charge in [-0.2, -0.15) is 17.0 Å². The second-order valence-corrected chi connectivity index (χ2v) is 8.22. The van der Waals surface area contributed by atoms with E-state index in [1.165, 1.54) is 0 Å². The molecular formula is C13H28N4O2S. The van der Waals surface area contributed by atoms with E-state index in [0.29, 0.717) is 38.6 Å². The summed E-state index contributed by atoms with van der Waals surface area (Å²) in [5.41, 5.74) is 5.71. The van der Waals surface area contributed by atoms with E-state index in [1.54, 1.807) is 8.61 Å². The lowest BCUT2D eigenvalue weighted by molar-refractivity contribution is 0.0990. The minimum Gasteiger partial charge on any atom is -0.330 e. The van der Waals surface area contributed by atoms with E-state index in [0.717, 1.165) is 12.8 Å². The molecule has 2 aliphatic heterocycles. The Kier molecular flexibility index (Phi) is 5.07. The quantitative estimate of drug-likeness (QED) is 0.792. The average molecular weight is 304 g/mol. The molecule has 118 valence electrons. The maximum Gasteiger partial charge on any atom is 0.282 e. The van der Waals surface area contributed by atoms with Crippen LogP contribution in [0.3, 0.4) is 0 Å². The first-order valence-corrected chi connectivity index (χ1v) is 8.93. The molecule has 0 aliphatic carbocycles. The van der Waals surface area contributed by atoms with Crippen LogP contribution in [-0.4, -0.2) is 73.8 Å². The van der Waals surface area contributed by atoms with Crippen molar-refractivity contribution in [1.29, 1.82) is 0 Å². The third-order valence-corrected chi connectivity index (χ3v) is 6.73. The van der Waals surface area contributed by atoms with Crippen LogP contribution in [0.25, 0.3) is 0 Å². The minimum atomic E-state index is -3.33. The summed E-state index contributed by atoms with van der Waals surface area (Å²) in [4.78, 5) is 2.24. The largest absolute Gasteiger partial charge is 0.330 e. The fourth-order valence-corrected chi connectivity index (χ4v) is 5.03. The molecule has 0 radical (unpaired) electrons. The van der Waals surface area contributed by atoms with Crippen molar-refractivity contribution in [2.45, 2.75) is 38.8 Å². The first-order chi connectivity index (χ1) is 9.36. The Hall–Kier alpha value is -0.210. The highest BCUT2D eigenvalue weighted by atomic mass is 32.2. The van der Waals surface area contributed by atoms with Gasteiger partial charge in [0.2, 0.25) is 0 Å². The number of piperidine rings is 1. The Labute approximate surface area is 123 Å². The van der Waals surface area contributed by atoms with Crippen LogP contribution in [0, 0.1) is 5.92 Å². The topological polar surface area (TPSA) is 69.9 Å². The smallest absolute Gasteiger partial charge is 0.282 e. The van der Waals surface area contributed by atoms with Crippen molar-refractivity contribution in [3.05, 3.63) is 0 Å². The third kappa shape index (κ3) is 3.17. The molecule has 2 saturated heterocycles. The Morgan fingerprint density at radius 2 is 1.70 bits per heavy atom. The van der Waals surface area contributed by atoms with Gasteiger partial charge in [0.05, 0.1) is 0 Å². The molecule has 3 unspecified atom stereocenters. The summed E-state index contributed by atoms with van der Waals surface area (Å²) in [5.74, 6) is 0.306. The predicted octanol–water partition coefficient (Wildman–Crippen LogP) is -0.0737. The molecule has 2 rings (SSSR count). The summed E-state index contributed by atoms with van der Waals surface area (Å²) in [7, 11) is -1.27. The van der Waals surface area contributed by atoms with E-state index in [4.69, 9.17) is 5.73 Å². The number of piperazine rings is 1. The fraction of sp³-hybridized carbons (Fsp3) is 1.00. The van der Waals surface area contributed by atoms with Gasteiger partial charge in [-0.1, -0.05) is 0 Å². The van der Waals surface area contributed by atoms with Crippen LogP contribution < -0.4 is 5.73 Å². The van der Waals surface area contributed by atoms with E-state index < -0.39 is 10.2 Å². The van der Waals surface area contributed by atoms with E-state index in [1.807, 2.05) is 0 Å². The van der Waals surface area contributed by atoms with Gasteiger partial charge in [-0.25, -0.2) is 0 Å². The number of nitrogens with zero attached hydrogens (tertiary/aromatic N) is 3. The van der Waals surface area contributed by atoms with E-state index in [2.05, 4.69) is 25.8 Å². The van der Waals surface area contributed by atoms with Crippen LogP contribution in [0.2, 0.25) is 0 Å². The summed E-state index contributed by atoms with van der Waals surface area (Å²) in [5, 5.41) is 0. The Bertz CT molecular complexity index is 416. The standard InChI is InChI=1S/C13H28N4O2S/c1-11-8-17(9-12(2)15(11)3)20(18,19)16-6-4-5-13(7-14)10-16/h11-13H,4-10,14H2,1-3H3. The van der Waals surface area contributed by atoms with Crippen molar-refractivity contribution in [3.63, 3.8) is 0 Å². The summed E-state index contributed by atoms with van der Waals surface area (Å²) < 4.78 is 28.9. The Morgan fingerprint density at radius 3 is 2.25 bits per heavy atom. The van der Waals surface area contributed by atoms with Gasteiger partial charge in [-0.05, 0) is 46.2 Å². The number of likely N-dealkylation sites (N-methyl/N-ethyl adjacent to an activating group) is 1. The molecule has 2 N–H and O–H groups in total. The molecular weight excluding hydrogens is 276 g/mol. The molecule has 3 atom stereocenters. The summed E-state index contributed by atoms with van der Waals surface area (Å²) in [6, 6.07) is 0.507. The van der Waals surface area contributed by atoms with Gasteiger partial charge in [0.1, 0.15) is 0 Å². The molecule has 0 saturated carbocycles. The normalized spacial score (nSPS) is 35.3. The first kappa shape index (κ1) is 16.2. The van der Waals surface area contributed by atoms with Gasteiger partial charge in [-0.3, -0.25) is 4.90 Å². The van der Waals surface area contributed by atoms with Crippen molar-refractivity contribution >= 4 is 10.2 Å². The van der Waals surface area contributed by atoms with Crippen LogP contribution in [-0.2, 0) is 10.2 Å².